The van der Waals surface area contributed by atoms with Crippen LogP contribution in [-0.4, -0.2) is 22.8 Å². The minimum atomic E-state index is -0.696. The minimum absolute atomic E-state index is 0.283. The third kappa shape index (κ3) is 9.52. The zero-order chi connectivity index (χ0) is 10.8. The van der Waals surface area contributed by atoms with E-state index in [0.717, 1.165) is 38.5 Å². The van der Waals surface area contributed by atoms with E-state index in [9.17, 15) is 4.79 Å². The van der Waals surface area contributed by atoms with Crippen molar-refractivity contribution in [3.8, 4) is 0 Å². The van der Waals surface area contributed by atoms with Gasteiger partial charge in [0.05, 0.1) is 0 Å². The van der Waals surface area contributed by atoms with Crippen LogP contribution in [0.25, 0.3) is 0 Å². The molecule has 0 heterocycles. The molecule has 3 heteroatoms. The number of carboxylic acid groups (broad SMARTS) is 1. The molecule has 0 aliphatic rings. The van der Waals surface area contributed by atoms with E-state index in [-0.39, 0.29) is 6.61 Å². The lowest BCUT2D eigenvalue weighted by Crippen LogP contribution is -1.98. The summed E-state index contributed by atoms with van der Waals surface area (Å²) in [5.74, 6) is -0.0340. The van der Waals surface area contributed by atoms with Gasteiger partial charge in [0.25, 0.3) is 0 Å². The maximum atomic E-state index is 10.2. The van der Waals surface area contributed by atoms with Crippen LogP contribution in [0.4, 0.5) is 0 Å². The molecule has 14 heavy (non-hydrogen) atoms. The van der Waals surface area contributed by atoms with Crippen molar-refractivity contribution in [2.75, 3.05) is 6.61 Å². The molecule has 0 aromatic rings. The summed E-state index contributed by atoms with van der Waals surface area (Å²) >= 11 is 0. The molecule has 0 aliphatic carbocycles. The van der Waals surface area contributed by atoms with Crippen molar-refractivity contribution < 1.29 is 15.0 Å². The summed E-state index contributed by atoms with van der Waals surface area (Å²) in [6.45, 7) is 2.48. The van der Waals surface area contributed by atoms with Crippen LogP contribution in [0.15, 0.2) is 0 Å². The number of rotatable bonds is 9. The molecule has 0 saturated heterocycles. The van der Waals surface area contributed by atoms with Crippen molar-refractivity contribution in [2.45, 2.75) is 51.9 Å². The zero-order valence-electron chi connectivity index (χ0n) is 9.04. The third-order valence-electron chi connectivity index (χ3n) is 2.44. The molecule has 1 atom stereocenters. The maximum Gasteiger partial charge on any atom is 0.303 e. The van der Waals surface area contributed by atoms with Gasteiger partial charge in [-0.2, -0.15) is 0 Å². The summed E-state index contributed by atoms with van der Waals surface area (Å²) in [5, 5.41) is 17.0. The summed E-state index contributed by atoms with van der Waals surface area (Å²) < 4.78 is 0. The van der Waals surface area contributed by atoms with Crippen molar-refractivity contribution in [3.05, 3.63) is 0 Å². The number of hydrogen-bond donors (Lipinski definition) is 2. The van der Waals surface area contributed by atoms with Crippen LogP contribution >= 0.6 is 0 Å². The Morgan fingerprint density at radius 2 is 1.71 bits per heavy atom. The number of aliphatic hydroxyl groups is 1. The van der Waals surface area contributed by atoms with Crippen LogP contribution in [0.2, 0.25) is 0 Å². The Morgan fingerprint density at radius 3 is 2.21 bits per heavy atom. The third-order valence-corrected chi connectivity index (χ3v) is 2.44. The number of aliphatic hydroxyl groups excluding tert-OH is 1. The molecule has 0 bridgehead atoms. The molecule has 1 unspecified atom stereocenters. The largest absolute Gasteiger partial charge is 0.481 e. The standard InChI is InChI=1S/C11H22O3/c1-10(7-4-5-9-12)6-2-3-8-11(13)14/h10,12H,2-9H2,1H3,(H,13,14). The van der Waals surface area contributed by atoms with Gasteiger partial charge in [-0.05, 0) is 18.8 Å². The zero-order valence-corrected chi connectivity index (χ0v) is 9.04. The highest BCUT2D eigenvalue weighted by Crippen LogP contribution is 2.15. The van der Waals surface area contributed by atoms with Crippen molar-refractivity contribution in [2.24, 2.45) is 5.92 Å². The summed E-state index contributed by atoms with van der Waals surface area (Å²) in [4.78, 5) is 10.2. The molecule has 0 aliphatic heterocycles. The van der Waals surface area contributed by atoms with E-state index in [1.807, 2.05) is 0 Å². The van der Waals surface area contributed by atoms with Crippen molar-refractivity contribution in [1.29, 1.82) is 0 Å². The van der Waals surface area contributed by atoms with Gasteiger partial charge in [-0.3, -0.25) is 4.79 Å². The fourth-order valence-corrected chi connectivity index (χ4v) is 1.52. The smallest absolute Gasteiger partial charge is 0.303 e. The molecule has 84 valence electrons. The monoisotopic (exact) mass is 202 g/mol. The van der Waals surface area contributed by atoms with Gasteiger partial charge in [0.2, 0.25) is 0 Å². The summed E-state index contributed by atoms with van der Waals surface area (Å²) in [6.07, 6.45) is 6.32. The fraction of sp³-hybridized carbons (Fsp3) is 0.909. The molecule has 0 spiro atoms. The van der Waals surface area contributed by atoms with Gasteiger partial charge in [0.1, 0.15) is 0 Å². The Labute approximate surface area is 86.1 Å². The van der Waals surface area contributed by atoms with E-state index in [2.05, 4.69) is 6.92 Å². The van der Waals surface area contributed by atoms with E-state index < -0.39 is 5.97 Å². The van der Waals surface area contributed by atoms with Gasteiger partial charge in [0.15, 0.2) is 0 Å². The lowest BCUT2D eigenvalue weighted by Gasteiger charge is -2.09. The second kappa shape index (κ2) is 9.00. The quantitative estimate of drug-likeness (QED) is 0.564. The molecule has 0 fully saturated rings. The first-order chi connectivity index (χ1) is 6.66. The number of hydrogen-bond acceptors (Lipinski definition) is 2. The lowest BCUT2D eigenvalue weighted by atomic mass is 9.97. The second-order valence-electron chi connectivity index (χ2n) is 3.96. The number of carboxylic acids is 1. The first kappa shape index (κ1) is 13.4. The van der Waals surface area contributed by atoms with Gasteiger partial charge >= 0.3 is 5.97 Å². The molecule has 2 N–H and O–H groups in total. The van der Waals surface area contributed by atoms with E-state index in [0.29, 0.717) is 12.3 Å². The summed E-state index contributed by atoms with van der Waals surface area (Å²) in [6, 6.07) is 0. The summed E-state index contributed by atoms with van der Waals surface area (Å²) in [7, 11) is 0. The number of aliphatic carboxylic acids is 1. The first-order valence-electron chi connectivity index (χ1n) is 5.49. The van der Waals surface area contributed by atoms with Gasteiger partial charge in [-0.15, -0.1) is 0 Å². The van der Waals surface area contributed by atoms with Crippen LogP contribution in [0.3, 0.4) is 0 Å². The Kier molecular flexibility index (Phi) is 8.64. The molecule has 0 saturated carbocycles. The Balaban J connectivity index is 3.18. The SMILES string of the molecule is CC(CCCCO)CCCCC(=O)O. The first-order valence-corrected chi connectivity index (χ1v) is 5.49. The fourth-order valence-electron chi connectivity index (χ4n) is 1.52. The van der Waals surface area contributed by atoms with Gasteiger partial charge < -0.3 is 10.2 Å². The highest BCUT2D eigenvalue weighted by atomic mass is 16.4. The molecule has 0 aromatic carbocycles. The van der Waals surface area contributed by atoms with Crippen LogP contribution < -0.4 is 0 Å². The van der Waals surface area contributed by atoms with E-state index in [1.165, 1.54) is 0 Å². The van der Waals surface area contributed by atoms with E-state index in [4.69, 9.17) is 10.2 Å². The van der Waals surface area contributed by atoms with E-state index >= 15 is 0 Å². The van der Waals surface area contributed by atoms with Gasteiger partial charge in [0, 0.05) is 13.0 Å². The predicted molar refractivity (Wildman–Crippen MR) is 56.2 cm³/mol. The van der Waals surface area contributed by atoms with Gasteiger partial charge in [-0.1, -0.05) is 32.6 Å². The van der Waals surface area contributed by atoms with Crippen molar-refractivity contribution >= 4 is 5.97 Å². The Bertz CT molecular complexity index is 145. The Morgan fingerprint density at radius 1 is 1.14 bits per heavy atom. The number of unbranched alkanes of at least 4 members (excludes halogenated alkanes) is 2. The summed E-state index contributed by atoms with van der Waals surface area (Å²) in [5.41, 5.74) is 0. The van der Waals surface area contributed by atoms with Crippen LogP contribution in [-0.2, 0) is 4.79 Å². The maximum absolute atomic E-state index is 10.2. The number of carbonyl (C=O) groups is 1. The van der Waals surface area contributed by atoms with Crippen LogP contribution in [0.1, 0.15) is 51.9 Å². The Hall–Kier alpha value is -0.570. The highest BCUT2D eigenvalue weighted by molar-refractivity contribution is 5.66. The molecule has 0 radical (unpaired) electrons. The minimum Gasteiger partial charge on any atom is -0.481 e. The average Bonchev–Trinajstić information content (AvgIpc) is 2.13. The van der Waals surface area contributed by atoms with Crippen molar-refractivity contribution in [1.82, 2.24) is 0 Å². The normalized spacial score (nSPS) is 12.7. The highest BCUT2D eigenvalue weighted by Gasteiger charge is 2.02. The molecule has 0 rings (SSSR count). The predicted octanol–water partition coefficient (Wildman–Crippen LogP) is 2.43. The van der Waals surface area contributed by atoms with Crippen LogP contribution in [0.5, 0.6) is 0 Å². The average molecular weight is 202 g/mol. The molecule has 3 nitrogen and oxygen atoms in total. The van der Waals surface area contributed by atoms with Gasteiger partial charge in [-0.25, -0.2) is 0 Å². The van der Waals surface area contributed by atoms with Crippen molar-refractivity contribution in [3.63, 3.8) is 0 Å². The second-order valence-corrected chi connectivity index (χ2v) is 3.96. The van der Waals surface area contributed by atoms with E-state index in [1.54, 1.807) is 0 Å². The topological polar surface area (TPSA) is 57.5 Å². The molecular formula is C11H22O3. The molecule has 0 aromatic heterocycles. The van der Waals surface area contributed by atoms with Crippen LogP contribution in [0, 0.1) is 5.92 Å². The molecule has 0 amide bonds. The molecular weight excluding hydrogens is 180 g/mol. The lowest BCUT2D eigenvalue weighted by molar-refractivity contribution is -0.137.